The number of aromatic nitrogens is 5. The number of hydrogen-bond donors (Lipinski definition) is 3. The molecule has 0 amide bonds. The van der Waals surface area contributed by atoms with Gasteiger partial charge in [0.05, 0.1) is 13.7 Å². The van der Waals surface area contributed by atoms with E-state index >= 15 is 0 Å². The monoisotopic (exact) mass is 452 g/mol. The Kier molecular flexibility index (Phi) is 6.41. The number of H-pyrrole nitrogens is 1. The summed E-state index contributed by atoms with van der Waals surface area (Å²) in [6.45, 7) is 0.391. The minimum atomic E-state index is -0.958. The van der Waals surface area contributed by atoms with Crippen molar-refractivity contribution in [1.82, 2.24) is 24.1 Å². The van der Waals surface area contributed by atoms with Gasteiger partial charge in [-0.3, -0.25) is 19.3 Å². The first kappa shape index (κ1) is 22.1. The van der Waals surface area contributed by atoms with Gasteiger partial charge in [-0.25, -0.2) is 4.79 Å². The van der Waals surface area contributed by atoms with E-state index in [2.05, 4.69) is 20.3 Å². The molecule has 0 bridgehead atoms. The summed E-state index contributed by atoms with van der Waals surface area (Å²) in [7, 11) is 3.10. The SMILES string of the molecule is COc1ccc(OC[C@@H](O)Cn2c(NCc3cccnc3)nc3c2c(=O)[nH]c(=O)n3C)cc1. The number of anilines is 1. The third-order valence-corrected chi connectivity index (χ3v) is 5.08. The van der Waals surface area contributed by atoms with Crippen LogP contribution in [-0.2, 0) is 20.1 Å². The van der Waals surface area contributed by atoms with Gasteiger partial charge in [-0.05, 0) is 35.9 Å². The molecule has 0 aliphatic carbocycles. The summed E-state index contributed by atoms with van der Waals surface area (Å²) in [4.78, 5) is 35.4. The molecule has 3 aromatic heterocycles. The number of fused-ring (bicyclic) bond motifs is 1. The van der Waals surface area contributed by atoms with Crippen LogP contribution >= 0.6 is 0 Å². The molecule has 0 fully saturated rings. The van der Waals surface area contributed by atoms with E-state index in [0.717, 1.165) is 5.56 Å². The van der Waals surface area contributed by atoms with Crippen LogP contribution in [0.25, 0.3) is 11.2 Å². The van der Waals surface area contributed by atoms with Gasteiger partial charge in [0.15, 0.2) is 11.2 Å². The summed E-state index contributed by atoms with van der Waals surface area (Å²) in [5, 5.41) is 13.8. The van der Waals surface area contributed by atoms with E-state index < -0.39 is 17.4 Å². The Morgan fingerprint density at radius 1 is 1.18 bits per heavy atom. The van der Waals surface area contributed by atoms with Gasteiger partial charge in [-0.15, -0.1) is 0 Å². The number of pyridine rings is 1. The normalized spacial score (nSPS) is 12.0. The Bertz CT molecular complexity index is 1340. The standard InChI is InChI=1S/C22H24N6O5/c1-27-19-18(20(30)26-22(27)31)28(21(25-19)24-11-14-4-3-9-23-10-14)12-15(29)13-33-17-7-5-16(32-2)6-8-17/h3-10,15,29H,11-13H2,1-2H3,(H,24,25)(H,26,30,31)/t15-/m0/s1. The Balaban J connectivity index is 1.58. The second kappa shape index (κ2) is 9.57. The summed E-state index contributed by atoms with van der Waals surface area (Å²) >= 11 is 0. The lowest BCUT2D eigenvalue weighted by Crippen LogP contribution is -2.31. The number of nitrogens with one attached hydrogen (secondary N) is 2. The number of aryl methyl sites for hydroxylation is 1. The molecule has 0 saturated heterocycles. The average molecular weight is 452 g/mol. The van der Waals surface area contributed by atoms with E-state index in [1.807, 2.05) is 12.1 Å². The Morgan fingerprint density at radius 2 is 1.94 bits per heavy atom. The van der Waals surface area contributed by atoms with E-state index in [9.17, 15) is 14.7 Å². The fourth-order valence-electron chi connectivity index (χ4n) is 3.36. The van der Waals surface area contributed by atoms with Crippen molar-refractivity contribution in [3.05, 3.63) is 75.2 Å². The maximum absolute atomic E-state index is 12.6. The summed E-state index contributed by atoms with van der Waals surface area (Å²) in [5.41, 5.74) is 0.134. The number of methoxy groups -OCH3 is 1. The molecule has 172 valence electrons. The number of aliphatic hydroxyl groups is 1. The van der Waals surface area contributed by atoms with Crippen LogP contribution in [-0.4, -0.2) is 49.0 Å². The second-order valence-corrected chi connectivity index (χ2v) is 7.39. The van der Waals surface area contributed by atoms with Gasteiger partial charge in [0, 0.05) is 26.0 Å². The van der Waals surface area contributed by atoms with Crippen molar-refractivity contribution in [2.24, 2.45) is 7.05 Å². The van der Waals surface area contributed by atoms with E-state index in [1.165, 1.54) is 11.6 Å². The number of imidazole rings is 1. The van der Waals surface area contributed by atoms with Crippen molar-refractivity contribution >= 4 is 17.1 Å². The molecule has 33 heavy (non-hydrogen) atoms. The largest absolute Gasteiger partial charge is 0.497 e. The van der Waals surface area contributed by atoms with Gasteiger partial charge < -0.3 is 24.5 Å². The topological polar surface area (TPSA) is 136 Å². The minimum absolute atomic E-state index is 0.0162. The zero-order valence-corrected chi connectivity index (χ0v) is 18.2. The molecule has 0 spiro atoms. The lowest BCUT2D eigenvalue weighted by Gasteiger charge is -2.16. The van der Waals surface area contributed by atoms with Gasteiger partial charge in [0.1, 0.15) is 24.2 Å². The zero-order chi connectivity index (χ0) is 23.4. The van der Waals surface area contributed by atoms with Crippen molar-refractivity contribution < 1.29 is 14.6 Å². The summed E-state index contributed by atoms with van der Waals surface area (Å²) in [6.07, 6.45) is 2.42. The summed E-state index contributed by atoms with van der Waals surface area (Å²) < 4.78 is 13.6. The molecule has 0 saturated carbocycles. The third kappa shape index (κ3) is 4.88. The molecular formula is C22H24N6O5. The zero-order valence-electron chi connectivity index (χ0n) is 18.2. The molecule has 4 aromatic rings. The first-order valence-corrected chi connectivity index (χ1v) is 10.2. The number of ether oxygens (including phenoxy) is 2. The predicted octanol–water partition coefficient (Wildman–Crippen LogP) is 0.879. The van der Waals surface area contributed by atoms with Crippen molar-refractivity contribution in [1.29, 1.82) is 0 Å². The highest BCUT2D eigenvalue weighted by molar-refractivity contribution is 5.74. The maximum Gasteiger partial charge on any atom is 0.329 e. The Morgan fingerprint density at radius 3 is 2.64 bits per heavy atom. The third-order valence-electron chi connectivity index (χ3n) is 5.08. The van der Waals surface area contributed by atoms with Crippen LogP contribution in [0.4, 0.5) is 5.95 Å². The summed E-state index contributed by atoms with van der Waals surface area (Å²) in [5.74, 6) is 1.60. The van der Waals surface area contributed by atoms with Gasteiger partial charge >= 0.3 is 5.69 Å². The molecule has 0 aliphatic rings. The van der Waals surface area contributed by atoms with Crippen LogP contribution in [0.5, 0.6) is 11.5 Å². The molecule has 11 heteroatoms. The molecular weight excluding hydrogens is 428 g/mol. The number of rotatable bonds is 9. The van der Waals surface area contributed by atoms with Crippen molar-refractivity contribution in [2.75, 3.05) is 19.0 Å². The fourth-order valence-corrected chi connectivity index (χ4v) is 3.36. The minimum Gasteiger partial charge on any atom is -0.497 e. The first-order chi connectivity index (χ1) is 16.0. The van der Waals surface area contributed by atoms with E-state index in [0.29, 0.717) is 24.0 Å². The van der Waals surface area contributed by atoms with Crippen LogP contribution in [0.1, 0.15) is 5.56 Å². The molecule has 0 unspecified atom stereocenters. The second-order valence-electron chi connectivity index (χ2n) is 7.39. The Labute approximate surface area is 188 Å². The molecule has 0 aliphatic heterocycles. The number of aliphatic hydroxyl groups excluding tert-OH is 1. The number of aromatic amines is 1. The highest BCUT2D eigenvalue weighted by Crippen LogP contribution is 2.19. The van der Waals surface area contributed by atoms with E-state index in [4.69, 9.17) is 9.47 Å². The van der Waals surface area contributed by atoms with Crippen molar-refractivity contribution in [2.45, 2.75) is 19.2 Å². The van der Waals surface area contributed by atoms with Gasteiger partial charge in [0.25, 0.3) is 5.56 Å². The fraction of sp³-hybridized carbons (Fsp3) is 0.273. The number of nitrogens with zero attached hydrogens (tertiary/aromatic N) is 4. The van der Waals surface area contributed by atoms with E-state index in [1.54, 1.807) is 48.3 Å². The first-order valence-electron chi connectivity index (χ1n) is 10.2. The van der Waals surface area contributed by atoms with Crippen LogP contribution in [0.15, 0.2) is 58.4 Å². The number of benzene rings is 1. The van der Waals surface area contributed by atoms with Crippen molar-refractivity contribution in [3.8, 4) is 11.5 Å². The highest BCUT2D eigenvalue weighted by Gasteiger charge is 2.20. The van der Waals surface area contributed by atoms with Crippen molar-refractivity contribution in [3.63, 3.8) is 0 Å². The molecule has 3 heterocycles. The molecule has 11 nitrogen and oxygen atoms in total. The van der Waals surface area contributed by atoms with Gasteiger partial charge in [-0.2, -0.15) is 4.98 Å². The highest BCUT2D eigenvalue weighted by atomic mass is 16.5. The van der Waals surface area contributed by atoms with Crippen LogP contribution in [0.2, 0.25) is 0 Å². The molecule has 1 aromatic carbocycles. The van der Waals surface area contributed by atoms with Crippen LogP contribution in [0.3, 0.4) is 0 Å². The molecule has 3 N–H and O–H groups in total. The lowest BCUT2D eigenvalue weighted by molar-refractivity contribution is 0.0938. The maximum atomic E-state index is 12.6. The Hall–Kier alpha value is -4.12. The smallest absolute Gasteiger partial charge is 0.329 e. The lowest BCUT2D eigenvalue weighted by atomic mass is 10.3. The quantitative estimate of drug-likeness (QED) is 0.340. The number of hydrogen-bond acceptors (Lipinski definition) is 8. The van der Waals surface area contributed by atoms with Gasteiger partial charge in [-0.1, -0.05) is 6.07 Å². The average Bonchev–Trinajstić information content (AvgIpc) is 3.19. The summed E-state index contributed by atoms with van der Waals surface area (Å²) in [6, 6.07) is 10.7. The molecule has 0 radical (unpaired) electrons. The predicted molar refractivity (Wildman–Crippen MR) is 122 cm³/mol. The van der Waals surface area contributed by atoms with Crippen LogP contribution < -0.4 is 26.0 Å². The molecule has 4 rings (SSSR count). The van der Waals surface area contributed by atoms with Crippen LogP contribution in [0, 0.1) is 0 Å². The van der Waals surface area contributed by atoms with Gasteiger partial charge in [0.2, 0.25) is 5.95 Å². The molecule has 1 atom stereocenters. The van der Waals surface area contributed by atoms with E-state index in [-0.39, 0.29) is 24.3 Å².